The Labute approximate surface area is 39.8 Å². The minimum absolute atomic E-state index is 1.18. The van der Waals surface area contributed by atoms with Crippen molar-refractivity contribution in [2.75, 3.05) is 0 Å². The van der Waals surface area contributed by atoms with Crippen LogP contribution in [0, 0.1) is 0 Å². The number of rotatable bonds is 0. The van der Waals surface area contributed by atoms with Gasteiger partial charge >= 0.3 is 39.4 Å². The molecule has 4 heavy (non-hydrogen) atoms. The van der Waals surface area contributed by atoms with Crippen LogP contribution >= 0.6 is 0 Å². The van der Waals surface area contributed by atoms with Crippen molar-refractivity contribution in [3.63, 3.8) is 0 Å². The van der Waals surface area contributed by atoms with Gasteiger partial charge in [-0.25, -0.2) is 0 Å². The third-order valence-electron chi connectivity index (χ3n) is 0. The number of hydrogen-bond acceptors (Lipinski definition) is 0. The fourth-order valence-electron chi connectivity index (χ4n) is 0. The molecule has 0 fully saturated rings. The molecule has 0 aromatic heterocycles. The van der Waals surface area contributed by atoms with Gasteiger partial charge in [0.1, 0.15) is 0 Å². The average Bonchev–Trinajstić information content (AvgIpc) is 0.811. The molecule has 1 radical (unpaired) electrons. The summed E-state index contributed by atoms with van der Waals surface area (Å²) in [4.78, 5) is 0. The number of allylic oxidation sites excluding steroid dienone is 1. The third-order valence-corrected chi connectivity index (χ3v) is 0. The van der Waals surface area contributed by atoms with Gasteiger partial charge in [-0.2, -0.15) is 0 Å². The van der Waals surface area contributed by atoms with Crippen molar-refractivity contribution < 1.29 is 0 Å². The van der Waals surface area contributed by atoms with Crippen LogP contribution < -0.4 is 0 Å². The van der Waals surface area contributed by atoms with Crippen molar-refractivity contribution >= 4 is 22.3 Å². The molecule has 0 aromatic carbocycles. The van der Waals surface area contributed by atoms with E-state index >= 15 is 0 Å². The van der Waals surface area contributed by atoms with Crippen molar-refractivity contribution in [2.24, 2.45) is 0 Å². The van der Waals surface area contributed by atoms with Crippen molar-refractivity contribution in [1.29, 1.82) is 0 Å². The van der Waals surface area contributed by atoms with Gasteiger partial charge in [0.2, 0.25) is 0 Å². The normalized spacial score (nSPS) is 6.25. The molecule has 0 aliphatic heterocycles. The summed E-state index contributed by atoms with van der Waals surface area (Å²) in [5.41, 5.74) is 0. The van der Waals surface area contributed by atoms with Gasteiger partial charge in [-0.3, -0.25) is 0 Å². The summed E-state index contributed by atoms with van der Waals surface area (Å²) >= 11 is 1.91. The van der Waals surface area contributed by atoms with E-state index in [-0.39, 0.29) is 0 Å². The summed E-state index contributed by atoms with van der Waals surface area (Å²) in [6.07, 6.45) is 0. The Kier molecular flexibility index (Phi) is 2.05. The third kappa shape index (κ3) is 21.1. The van der Waals surface area contributed by atoms with E-state index in [0.29, 0.717) is 0 Å². The average molecular weight is 169 g/mol. The maximum absolute atomic E-state index is 3.56. The van der Waals surface area contributed by atoms with Gasteiger partial charge < -0.3 is 0 Å². The second kappa shape index (κ2) is 1.81. The molecule has 0 rings (SSSR count). The molecule has 0 aliphatic carbocycles. The summed E-state index contributed by atoms with van der Waals surface area (Å²) in [5, 5.41) is 0. The second-order valence-electron chi connectivity index (χ2n) is 0.702. The first-order valence-electron chi connectivity index (χ1n) is 1.06. The molecule has 23 valence electrons. The van der Waals surface area contributed by atoms with Crippen LogP contribution in [0.15, 0.2) is 10.2 Å². The molecule has 0 spiro atoms. The van der Waals surface area contributed by atoms with Gasteiger partial charge in [-0.15, -0.1) is 0 Å². The fraction of sp³-hybridized carbons (Fsp3) is 0.333. The molecular weight excluding hydrogens is 164 g/mol. The van der Waals surface area contributed by atoms with Crippen molar-refractivity contribution in [2.45, 2.75) is 6.92 Å². The first-order chi connectivity index (χ1) is 1.73. The fourth-order valence-corrected chi connectivity index (χ4v) is 0. The molecule has 0 N–H and O–H groups in total. The molecule has 0 aromatic rings. The van der Waals surface area contributed by atoms with E-state index in [9.17, 15) is 0 Å². The molecular formula is C3H5Te. The summed E-state index contributed by atoms with van der Waals surface area (Å²) in [7, 11) is 0. The van der Waals surface area contributed by atoms with Crippen LogP contribution in [0.1, 0.15) is 6.92 Å². The van der Waals surface area contributed by atoms with E-state index in [1.165, 1.54) is 3.62 Å². The molecule has 1 heteroatoms. The maximum atomic E-state index is 3.56. The predicted octanol–water partition coefficient (Wildman–Crippen LogP) is 0.688. The second-order valence-corrected chi connectivity index (χ2v) is 2.69. The van der Waals surface area contributed by atoms with E-state index in [1.54, 1.807) is 0 Å². The molecule has 0 aliphatic rings. The van der Waals surface area contributed by atoms with Crippen LogP contribution in [0.3, 0.4) is 0 Å². The van der Waals surface area contributed by atoms with Gasteiger partial charge in [-0.05, 0) is 0 Å². The first kappa shape index (κ1) is 4.53. The molecule has 0 saturated heterocycles. The van der Waals surface area contributed by atoms with Gasteiger partial charge in [0.05, 0.1) is 0 Å². The standard InChI is InChI=1S/C3H5Te/c1-3(2)4/h1H2,2H3. The van der Waals surface area contributed by atoms with Crippen molar-refractivity contribution in [3.8, 4) is 0 Å². The van der Waals surface area contributed by atoms with Gasteiger partial charge in [0, 0.05) is 0 Å². The van der Waals surface area contributed by atoms with Gasteiger partial charge in [-0.1, -0.05) is 0 Å². The molecule has 0 amide bonds. The Morgan fingerprint density at radius 2 is 2.00 bits per heavy atom. The summed E-state index contributed by atoms with van der Waals surface area (Å²) in [6, 6.07) is 0. The topological polar surface area (TPSA) is 0 Å². The van der Waals surface area contributed by atoms with Gasteiger partial charge in [0.25, 0.3) is 0 Å². The van der Waals surface area contributed by atoms with Crippen molar-refractivity contribution in [3.05, 3.63) is 10.2 Å². The van der Waals surface area contributed by atoms with E-state index in [2.05, 4.69) is 6.58 Å². The monoisotopic (exact) mass is 171 g/mol. The number of hydrogen-bond donors (Lipinski definition) is 0. The SMILES string of the molecule is C=C(C)[Te]. The Bertz CT molecular complexity index is 26.3. The molecule has 0 nitrogen and oxygen atoms in total. The van der Waals surface area contributed by atoms with Gasteiger partial charge in [0.15, 0.2) is 0 Å². The molecule has 0 saturated carbocycles. The summed E-state index contributed by atoms with van der Waals surface area (Å²) in [5.74, 6) is 0. The molecule has 0 atom stereocenters. The summed E-state index contributed by atoms with van der Waals surface area (Å²) < 4.78 is 1.18. The predicted molar refractivity (Wildman–Crippen MR) is 20.6 cm³/mol. The zero-order valence-electron chi connectivity index (χ0n) is 2.62. The van der Waals surface area contributed by atoms with E-state index in [4.69, 9.17) is 0 Å². The molecule has 0 unspecified atom stereocenters. The van der Waals surface area contributed by atoms with E-state index in [1.807, 2.05) is 29.2 Å². The van der Waals surface area contributed by atoms with Crippen LogP contribution in [0.2, 0.25) is 0 Å². The van der Waals surface area contributed by atoms with Crippen molar-refractivity contribution in [1.82, 2.24) is 0 Å². The van der Waals surface area contributed by atoms with Crippen LogP contribution in [0.4, 0.5) is 0 Å². The molecule has 0 bridgehead atoms. The Balaban J connectivity index is 2.80. The minimum atomic E-state index is 1.18. The van der Waals surface area contributed by atoms with Crippen LogP contribution in [-0.2, 0) is 0 Å². The zero-order chi connectivity index (χ0) is 3.58. The van der Waals surface area contributed by atoms with Crippen LogP contribution in [0.5, 0.6) is 0 Å². The van der Waals surface area contributed by atoms with Crippen LogP contribution in [-0.4, -0.2) is 22.3 Å². The van der Waals surface area contributed by atoms with E-state index < -0.39 is 0 Å². The van der Waals surface area contributed by atoms with E-state index in [0.717, 1.165) is 0 Å². The zero-order valence-corrected chi connectivity index (χ0v) is 4.95. The Morgan fingerprint density at radius 1 is 2.00 bits per heavy atom. The van der Waals surface area contributed by atoms with Crippen LogP contribution in [0.25, 0.3) is 0 Å². The molecule has 0 heterocycles. The quantitative estimate of drug-likeness (QED) is 0.467. The Morgan fingerprint density at radius 3 is 2.00 bits per heavy atom. The Hall–Kier alpha value is 0.530. The summed E-state index contributed by atoms with van der Waals surface area (Å²) in [6.45, 7) is 5.54. The first-order valence-corrected chi connectivity index (χ1v) is 2.22.